The zero-order valence-corrected chi connectivity index (χ0v) is 13.4. The van der Waals surface area contributed by atoms with E-state index in [1.54, 1.807) is 13.0 Å². The zero-order chi connectivity index (χ0) is 15.6. The Morgan fingerprint density at radius 2 is 2.00 bits per heavy atom. The van der Waals surface area contributed by atoms with Crippen molar-refractivity contribution in [3.8, 4) is 0 Å². The number of nitrogens with zero attached hydrogens (tertiary/aromatic N) is 1. The summed E-state index contributed by atoms with van der Waals surface area (Å²) in [6.07, 6.45) is 3.77. The van der Waals surface area contributed by atoms with Gasteiger partial charge in [-0.2, -0.15) is 4.31 Å². The molecule has 1 aliphatic carbocycles. The molecule has 0 aromatic heterocycles. The molecule has 21 heavy (non-hydrogen) atoms. The zero-order valence-electron chi connectivity index (χ0n) is 12.5. The second-order valence-corrected chi connectivity index (χ2v) is 7.77. The van der Waals surface area contributed by atoms with Crippen molar-refractivity contribution < 1.29 is 12.8 Å². The number of aryl methyl sites for hydroxylation is 1. The third-order valence-corrected chi connectivity index (χ3v) is 6.28. The first-order valence-electron chi connectivity index (χ1n) is 7.32. The molecule has 1 aliphatic rings. The van der Waals surface area contributed by atoms with Gasteiger partial charge in [-0.15, -0.1) is 0 Å². The van der Waals surface area contributed by atoms with Crippen LogP contribution in [0.2, 0.25) is 0 Å². The Balaban J connectivity index is 2.36. The molecular weight excluding hydrogens is 291 g/mol. The minimum Gasteiger partial charge on any atom is -0.330 e. The lowest BCUT2D eigenvalue weighted by molar-refractivity contribution is 0.204. The molecule has 1 saturated carbocycles. The summed E-state index contributed by atoms with van der Waals surface area (Å²) >= 11 is 0. The summed E-state index contributed by atoms with van der Waals surface area (Å²) < 4.78 is 40.7. The summed E-state index contributed by atoms with van der Waals surface area (Å²) in [6.45, 7) is 2.21. The molecule has 4 nitrogen and oxygen atoms in total. The number of hydrogen-bond acceptors (Lipinski definition) is 3. The van der Waals surface area contributed by atoms with Gasteiger partial charge in [0.05, 0.1) is 0 Å². The summed E-state index contributed by atoms with van der Waals surface area (Å²) in [5, 5.41) is 0. The van der Waals surface area contributed by atoms with Gasteiger partial charge in [0.15, 0.2) is 0 Å². The molecule has 6 heteroatoms. The summed E-state index contributed by atoms with van der Waals surface area (Å²) in [5.74, 6) is -0.557. The van der Waals surface area contributed by atoms with Crippen LogP contribution in [0.3, 0.4) is 0 Å². The van der Waals surface area contributed by atoms with Crippen molar-refractivity contribution in [1.82, 2.24) is 4.31 Å². The van der Waals surface area contributed by atoms with Gasteiger partial charge in [-0.25, -0.2) is 12.8 Å². The fourth-order valence-corrected chi connectivity index (χ4v) is 4.68. The lowest BCUT2D eigenvalue weighted by atomic mass is 9.85. The molecule has 1 aromatic carbocycles. The Morgan fingerprint density at radius 3 is 2.67 bits per heavy atom. The lowest BCUT2D eigenvalue weighted by Crippen LogP contribution is -2.46. The highest BCUT2D eigenvalue weighted by molar-refractivity contribution is 7.89. The topological polar surface area (TPSA) is 63.4 Å². The van der Waals surface area contributed by atoms with E-state index in [2.05, 4.69) is 0 Å². The largest absolute Gasteiger partial charge is 0.330 e. The van der Waals surface area contributed by atoms with Gasteiger partial charge < -0.3 is 5.73 Å². The molecule has 118 valence electrons. The minimum absolute atomic E-state index is 0.145. The van der Waals surface area contributed by atoms with Crippen LogP contribution in [0, 0.1) is 18.7 Å². The monoisotopic (exact) mass is 314 g/mol. The van der Waals surface area contributed by atoms with Crippen molar-refractivity contribution in [3.63, 3.8) is 0 Å². The third-order valence-electron chi connectivity index (χ3n) is 4.38. The van der Waals surface area contributed by atoms with Gasteiger partial charge in [-0.1, -0.05) is 18.9 Å². The highest BCUT2D eigenvalue weighted by Crippen LogP contribution is 2.31. The van der Waals surface area contributed by atoms with Gasteiger partial charge in [0.25, 0.3) is 0 Å². The van der Waals surface area contributed by atoms with Gasteiger partial charge >= 0.3 is 0 Å². The lowest BCUT2D eigenvalue weighted by Gasteiger charge is -2.36. The number of hydrogen-bond donors (Lipinski definition) is 1. The Hall–Kier alpha value is -0.980. The molecule has 1 aromatic rings. The fraction of sp³-hybridized carbons (Fsp3) is 0.600. The molecule has 0 saturated heterocycles. The van der Waals surface area contributed by atoms with Crippen molar-refractivity contribution in [3.05, 3.63) is 29.6 Å². The first kappa shape index (κ1) is 16.4. The maximum Gasteiger partial charge on any atom is 0.246 e. The number of nitrogens with two attached hydrogens (primary N) is 1. The Morgan fingerprint density at radius 1 is 1.33 bits per heavy atom. The van der Waals surface area contributed by atoms with Crippen LogP contribution in [0.5, 0.6) is 0 Å². The van der Waals surface area contributed by atoms with E-state index < -0.39 is 15.8 Å². The average Bonchev–Trinajstić information content (AvgIpc) is 2.48. The Labute approximate surface area is 126 Å². The van der Waals surface area contributed by atoms with Crippen molar-refractivity contribution in [2.24, 2.45) is 11.7 Å². The van der Waals surface area contributed by atoms with Crippen LogP contribution in [0.4, 0.5) is 4.39 Å². The molecule has 0 amide bonds. The van der Waals surface area contributed by atoms with Crippen LogP contribution in [0.1, 0.15) is 31.2 Å². The normalized spacial score (nSPS) is 23.5. The van der Waals surface area contributed by atoms with Gasteiger partial charge in [0.2, 0.25) is 10.0 Å². The van der Waals surface area contributed by atoms with E-state index in [0.29, 0.717) is 6.54 Å². The number of rotatable bonds is 4. The van der Waals surface area contributed by atoms with Crippen LogP contribution in [0.15, 0.2) is 23.1 Å². The maximum atomic E-state index is 13.9. The molecule has 0 aliphatic heterocycles. The molecular formula is C15H23FN2O2S. The van der Waals surface area contributed by atoms with Gasteiger partial charge in [0, 0.05) is 13.1 Å². The van der Waals surface area contributed by atoms with Crippen molar-refractivity contribution in [1.29, 1.82) is 0 Å². The molecule has 0 bridgehead atoms. The highest BCUT2D eigenvalue weighted by Gasteiger charge is 2.35. The first-order valence-corrected chi connectivity index (χ1v) is 8.76. The molecule has 1 fully saturated rings. The third kappa shape index (κ3) is 3.27. The van der Waals surface area contributed by atoms with Crippen molar-refractivity contribution >= 4 is 10.0 Å². The minimum atomic E-state index is -3.83. The van der Waals surface area contributed by atoms with E-state index in [-0.39, 0.29) is 16.9 Å². The molecule has 2 atom stereocenters. The smallest absolute Gasteiger partial charge is 0.246 e. The van der Waals surface area contributed by atoms with E-state index in [0.717, 1.165) is 31.2 Å². The quantitative estimate of drug-likeness (QED) is 0.927. The van der Waals surface area contributed by atoms with E-state index in [1.807, 2.05) is 0 Å². The van der Waals surface area contributed by atoms with Crippen molar-refractivity contribution in [2.75, 3.05) is 13.6 Å². The van der Waals surface area contributed by atoms with Gasteiger partial charge in [-0.05, 0) is 49.9 Å². The molecule has 2 rings (SSSR count). The van der Waals surface area contributed by atoms with E-state index >= 15 is 0 Å². The van der Waals surface area contributed by atoms with Gasteiger partial charge in [0.1, 0.15) is 10.7 Å². The molecule has 2 N–H and O–H groups in total. The van der Waals surface area contributed by atoms with Crippen LogP contribution >= 0.6 is 0 Å². The fourth-order valence-electron chi connectivity index (χ4n) is 3.08. The molecule has 0 spiro atoms. The molecule has 2 unspecified atom stereocenters. The number of halogens is 1. The van der Waals surface area contributed by atoms with Crippen LogP contribution in [-0.2, 0) is 10.0 Å². The predicted octanol–water partition coefficient (Wildman–Crippen LogP) is 2.27. The number of sulfonamides is 1. The molecule has 0 heterocycles. The van der Waals surface area contributed by atoms with E-state index in [9.17, 15) is 12.8 Å². The predicted molar refractivity (Wildman–Crippen MR) is 80.9 cm³/mol. The SMILES string of the molecule is Cc1ccc(F)c(S(=O)(=O)N(C)C2CCCCC2CN)c1. The maximum absolute atomic E-state index is 13.9. The summed E-state index contributed by atoms with van der Waals surface area (Å²) in [4.78, 5) is -0.244. The Bertz CT molecular complexity index is 604. The summed E-state index contributed by atoms with van der Waals surface area (Å²) in [7, 11) is -2.29. The van der Waals surface area contributed by atoms with Crippen LogP contribution < -0.4 is 5.73 Å². The average molecular weight is 314 g/mol. The van der Waals surface area contributed by atoms with Gasteiger partial charge in [-0.3, -0.25) is 0 Å². The second-order valence-electron chi connectivity index (χ2n) is 5.80. The first-order chi connectivity index (χ1) is 9.87. The van der Waals surface area contributed by atoms with Crippen LogP contribution in [-0.4, -0.2) is 32.4 Å². The van der Waals surface area contributed by atoms with E-state index in [1.165, 1.54) is 23.5 Å². The standard InChI is InChI=1S/C15H23FN2O2S/c1-11-7-8-13(16)15(9-11)21(19,20)18(2)14-6-4-3-5-12(14)10-17/h7-9,12,14H,3-6,10,17H2,1-2H3. The van der Waals surface area contributed by atoms with Crippen molar-refractivity contribution in [2.45, 2.75) is 43.5 Å². The van der Waals surface area contributed by atoms with Crippen LogP contribution in [0.25, 0.3) is 0 Å². The highest BCUT2D eigenvalue weighted by atomic mass is 32.2. The Kier molecular flexibility index (Phi) is 5.01. The second kappa shape index (κ2) is 6.42. The van der Waals surface area contributed by atoms with E-state index in [4.69, 9.17) is 5.73 Å². The summed E-state index contributed by atoms with van der Waals surface area (Å²) in [5.41, 5.74) is 6.50. The summed E-state index contributed by atoms with van der Waals surface area (Å²) in [6, 6.07) is 4.02. The molecule has 0 radical (unpaired) electrons. The number of benzene rings is 1.